The van der Waals surface area contributed by atoms with Crippen molar-refractivity contribution in [3.05, 3.63) is 59.1 Å². The molecule has 0 aromatic heterocycles. The van der Waals surface area contributed by atoms with Crippen LogP contribution in [0, 0.1) is 0 Å². The molecule has 1 aliphatic rings. The summed E-state index contributed by atoms with van der Waals surface area (Å²) in [6, 6.07) is 16.6. The smallest absolute Gasteiger partial charge is 0.0455 e. The first kappa shape index (κ1) is 13.3. The van der Waals surface area contributed by atoms with Gasteiger partial charge in [0.05, 0.1) is 0 Å². The van der Waals surface area contributed by atoms with Crippen molar-refractivity contribution in [1.29, 1.82) is 0 Å². The second kappa shape index (κ2) is 6.19. The maximum Gasteiger partial charge on any atom is 0.0455 e. The van der Waals surface area contributed by atoms with Crippen LogP contribution in [0.3, 0.4) is 0 Å². The second-order valence-electron chi connectivity index (χ2n) is 5.19. The van der Waals surface area contributed by atoms with Crippen molar-refractivity contribution in [3.63, 3.8) is 0 Å². The van der Waals surface area contributed by atoms with Crippen LogP contribution in [0.5, 0.6) is 0 Å². The normalized spacial score (nSPS) is 14.6. The first-order chi connectivity index (χ1) is 9.83. The number of rotatable bonds is 4. The zero-order valence-corrected chi connectivity index (χ0v) is 12.2. The lowest BCUT2D eigenvalue weighted by Crippen LogP contribution is -2.17. The predicted molar refractivity (Wildman–Crippen MR) is 86.7 cm³/mol. The van der Waals surface area contributed by atoms with E-state index in [2.05, 4.69) is 40.5 Å². The van der Waals surface area contributed by atoms with Crippen LogP contribution in [0.4, 0.5) is 11.4 Å². The highest BCUT2D eigenvalue weighted by molar-refractivity contribution is 6.31. The Morgan fingerprint density at radius 1 is 1.00 bits per heavy atom. The van der Waals surface area contributed by atoms with E-state index in [0.717, 1.165) is 22.8 Å². The lowest BCUT2D eigenvalue weighted by Gasteiger charge is -2.18. The van der Waals surface area contributed by atoms with Gasteiger partial charge in [0.25, 0.3) is 0 Å². The highest BCUT2D eigenvalue weighted by atomic mass is 35.5. The van der Waals surface area contributed by atoms with E-state index >= 15 is 0 Å². The molecule has 3 rings (SSSR count). The van der Waals surface area contributed by atoms with Crippen LogP contribution in [0.25, 0.3) is 0 Å². The van der Waals surface area contributed by atoms with Gasteiger partial charge in [0.1, 0.15) is 0 Å². The lowest BCUT2D eigenvalue weighted by atomic mass is 10.2. The monoisotopic (exact) mass is 286 g/mol. The van der Waals surface area contributed by atoms with Gasteiger partial charge in [-0.05, 0) is 42.7 Å². The van der Waals surface area contributed by atoms with E-state index in [1.165, 1.54) is 31.6 Å². The van der Waals surface area contributed by atoms with Gasteiger partial charge in [-0.25, -0.2) is 0 Å². The summed E-state index contributed by atoms with van der Waals surface area (Å²) < 4.78 is 0. The van der Waals surface area contributed by atoms with Gasteiger partial charge in [0, 0.05) is 36.0 Å². The molecule has 104 valence electrons. The highest BCUT2D eigenvalue weighted by Crippen LogP contribution is 2.24. The van der Waals surface area contributed by atoms with E-state index in [-0.39, 0.29) is 0 Å². The number of nitrogens with one attached hydrogen (secondary N) is 1. The fraction of sp³-hybridized carbons (Fsp3) is 0.294. The molecule has 2 aromatic carbocycles. The van der Waals surface area contributed by atoms with Crippen molar-refractivity contribution in [2.45, 2.75) is 19.4 Å². The summed E-state index contributed by atoms with van der Waals surface area (Å²) in [5.74, 6) is 0. The largest absolute Gasteiger partial charge is 0.381 e. The molecule has 3 heteroatoms. The molecule has 0 radical (unpaired) electrons. The molecule has 0 saturated carbocycles. The van der Waals surface area contributed by atoms with Gasteiger partial charge in [0.2, 0.25) is 0 Å². The third kappa shape index (κ3) is 3.07. The summed E-state index contributed by atoms with van der Waals surface area (Å²) in [7, 11) is 0. The SMILES string of the molecule is Clc1ccccc1CNc1cccc(N2CCCC2)c1. The summed E-state index contributed by atoms with van der Waals surface area (Å²) in [6.07, 6.45) is 2.61. The third-order valence-corrected chi connectivity index (χ3v) is 4.13. The van der Waals surface area contributed by atoms with Gasteiger partial charge in [-0.1, -0.05) is 35.9 Å². The van der Waals surface area contributed by atoms with E-state index < -0.39 is 0 Å². The van der Waals surface area contributed by atoms with E-state index in [1.54, 1.807) is 0 Å². The fourth-order valence-corrected chi connectivity index (χ4v) is 2.83. The number of benzene rings is 2. The highest BCUT2D eigenvalue weighted by Gasteiger charge is 2.12. The molecule has 1 N–H and O–H groups in total. The third-order valence-electron chi connectivity index (χ3n) is 3.76. The Morgan fingerprint density at radius 2 is 1.80 bits per heavy atom. The molecule has 0 spiro atoms. The van der Waals surface area contributed by atoms with Gasteiger partial charge < -0.3 is 10.2 Å². The number of hydrogen-bond donors (Lipinski definition) is 1. The molecular formula is C17H19ClN2. The van der Waals surface area contributed by atoms with Crippen LogP contribution in [-0.4, -0.2) is 13.1 Å². The summed E-state index contributed by atoms with van der Waals surface area (Å²) in [5.41, 5.74) is 3.58. The van der Waals surface area contributed by atoms with Crippen molar-refractivity contribution >= 4 is 23.0 Å². The van der Waals surface area contributed by atoms with Crippen LogP contribution < -0.4 is 10.2 Å². The summed E-state index contributed by atoms with van der Waals surface area (Å²) in [5, 5.41) is 4.27. The van der Waals surface area contributed by atoms with Crippen LogP contribution in [0.2, 0.25) is 5.02 Å². The Bertz CT molecular complexity index is 577. The molecule has 0 unspecified atom stereocenters. The minimum atomic E-state index is 0.753. The molecular weight excluding hydrogens is 268 g/mol. The van der Waals surface area contributed by atoms with Crippen molar-refractivity contribution in [3.8, 4) is 0 Å². The summed E-state index contributed by atoms with van der Waals surface area (Å²) >= 11 is 6.18. The zero-order valence-electron chi connectivity index (χ0n) is 11.5. The quantitative estimate of drug-likeness (QED) is 0.887. The van der Waals surface area contributed by atoms with Crippen LogP contribution in [-0.2, 0) is 6.54 Å². The first-order valence-electron chi connectivity index (χ1n) is 7.15. The molecule has 0 bridgehead atoms. The van der Waals surface area contributed by atoms with Crippen molar-refractivity contribution in [2.24, 2.45) is 0 Å². The Kier molecular flexibility index (Phi) is 4.12. The van der Waals surface area contributed by atoms with Gasteiger partial charge in [-0.2, -0.15) is 0 Å². The molecule has 2 nitrogen and oxygen atoms in total. The molecule has 0 atom stereocenters. The number of halogens is 1. The second-order valence-corrected chi connectivity index (χ2v) is 5.60. The van der Waals surface area contributed by atoms with E-state index in [0.29, 0.717) is 0 Å². The Hall–Kier alpha value is -1.67. The standard InChI is InChI=1S/C17H19ClN2/c18-17-9-2-1-6-14(17)13-19-15-7-5-8-16(12-15)20-10-3-4-11-20/h1-2,5-9,12,19H,3-4,10-11,13H2. The maximum atomic E-state index is 6.18. The molecule has 1 fully saturated rings. The van der Waals surface area contributed by atoms with E-state index in [9.17, 15) is 0 Å². The van der Waals surface area contributed by atoms with Gasteiger partial charge >= 0.3 is 0 Å². The van der Waals surface area contributed by atoms with Crippen molar-refractivity contribution in [2.75, 3.05) is 23.3 Å². The number of hydrogen-bond acceptors (Lipinski definition) is 2. The number of nitrogens with zero attached hydrogens (tertiary/aromatic N) is 1. The first-order valence-corrected chi connectivity index (χ1v) is 7.53. The molecule has 20 heavy (non-hydrogen) atoms. The lowest BCUT2D eigenvalue weighted by molar-refractivity contribution is 0.949. The topological polar surface area (TPSA) is 15.3 Å². The minimum absolute atomic E-state index is 0.753. The Labute approximate surface area is 125 Å². The summed E-state index contributed by atoms with van der Waals surface area (Å²) in [6.45, 7) is 3.10. The van der Waals surface area contributed by atoms with Crippen LogP contribution in [0.15, 0.2) is 48.5 Å². The van der Waals surface area contributed by atoms with Crippen molar-refractivity contribution in [1.82, 2.24) is 0 Å². The Morgan fingerprint density at radius 3 is 2.60 bits per heavy atom. The molecule has 1 aliphatic heterocycles. The Balaban J connectivity index is 1.68. The molecule has 1 heterocycles. The average Bonchev–Trinajstić information content (AvgIpc) is 3.01. The maximum absolute atomic E-state index is 6.18. The predicted octanol–water partition coefficient (Wildman–Crippen LogP) is 4.55. The fourth-order valence-electron chi connectivity index (χ4n) is 2.63. The van der Waals surface area contributed by atoms with Gasteiger partial charge in [-0.15, -0.1) is 0 Å². The van der Waals surface area contributed by atoms with Crippen LogP contribution >= 0.6 is 11.6 Å². The number of anilines is 2. The molecule has 1 saturated heterocycles. The molecule has 0 aliphatic carbocycles. The van der Waals surface area contributed by atoms with Crippen molar-refractivity contribution < 1.29 is 0 Å². The van der Waals surface area contributed by atoms with E-state index in [4.69, 9.17) is 11.6 Å². The van der Waals surface area contributed by atoms with Crippen LogP contribution in [0.1, 0.15) is 18.4 Å². The average molecular weight is 287 g/mol. The molecule has 0 amide bonds. The molecule has 2 aromatic rings. The van der Waals surface area contributed by atoms with Gasteiger partial charge in [-0.3, -0.25) is 0 Å². The minimum Gasteiger partial charge on any atom is -0.381 e. The van der Waals surface area contributed by atoms with Gasteiger partial charge in [0.15, 0.2) is 0 Å². The van der Waals surface area contributed by atoms with E-state index in [1.807, 2.05) is 18.2 Å². The zero-order chi connectivity index (χ0) is 13.8. The summed E-state index contributed by atoms with van der Waals surface area (Å²) in [4.78, 5) is 2.45.